The lowest BCUT2D eigenvalue weighted by Gasteiger charge is -2.10. The molecular formula is C14H17FN2. The zero-order chi connectivity index (χ0) is 12.2. The Morgan fingerprint density at radius 1 is 1.35 bits per heavy atom. The van der Waals surface area contributed by atoms with Crippen LogP contribution in [0.2, 0.25) is 0 Å². The molecule has 2 atom stereocenters. The molecule has 1 heterocycles. The van der Waals surface area contributed by atoms with Gasteiger partial charge in [-0.05, 0) is 51.2 Å². The number of fused-ring (bicyclic) bond motifs is 1. The van der Waals surface area contributed by atoms with Crippen molar-refractivity contribution < 1.29 is 4.39 Å². The Labute approximate surface area is 101 Å². The van der Waals surface area contributed by atoms with Gasteiger partial charge in [-0.25, -0.2) is 4.39 Å². The summed E-state index contributed by atoms with van der Waals surface area (Å²) < 4.78 is 15.8. The van der Waals surface area contributed by atoms with Crippen molar-refractivity contribution in [3.05, 3.63) is 35.8 Å². The summed E-state index contributed by atoms with van der Waals surface area (Å²) in [5.41, 5.74) is 1.73. The quantitative estimate of drug-likeness (QED) is 0.773. The Kier molecular flexibility index (Phi) is 2.26. The molecule has 0 aliphatic heterocycles. The maximum Gasteiger partial charge on any atom is 0.128 e. The fourth-order valence-corrected chi connectivity index (χ4v) is 2.60. The molecule has 1 fully saturated rings. The van der Waals surface area contributed by atoms with E-state index in [1.807, 2.05) is 13.0 Å². The van der Waals surface area contributed by atoms with Crippen LogP contribution in [0.25, 0.3) is 10.9 Å². The van der Waals surface area contributed by atoms with Crippen molar-refractivity contribution in [3.63, 3.8) is 0 Å². The van der Waals surface area contributed by atoms with Crippen molar-refractivity contribution in [2.45, 2.75) is 25.4 Å². The predicted molar refractivity (Wildman–Crippen MR) is 67.8 cm³/mol. The van der Waals surface area contributed by atoms with Gasteiger partial charge >= 0.3 is 0 Å². The van der Waals surface area contributed by atoms with Crippen LogP contribution in [0.4, 0.5) is 4.39 Å². The van der Waals surface area contributed by atoms with Gasteiger partial charge in [-0.1, -0.05) is 0 Å². The molecule has 0 amide bonds. The first kappa shape index (κ1) is 10.8. The Balaban J connectivity index is 2.04. The fourth-order valence-electron chi connectivity index (χ4n) is 2.60. The maximum absolute atomic E-state index is 13.6. The highest BCUT2D eigenvalue weighted by molar-refractivity contribution is 5.81. The average molecular weight is 232 g/mol. The number of nitrogens with zero attached hydrogens (tertiary/aromatic N) is 2. The molecule has 0 bridgehead atoms. The summed E-state index contributed by atoms with van der Waals surface area (Å²) in [4.78, 5) is 2.24. The van der Waals surface area contributed by atoms with Crippen LogP contribution in [-0.2, 0) is 0 Å². The summed E-state index contributed by atoms with van der Waals surface area (Å²) in [6.45, 7) is 1.81. The van der Waals surface area contributed by atoms with Gasteiger partial charge in [0.15, 0.2) is 0 Å². The van der Waals surface area contributed by atoms with E-state index in [1.165, 1.54) is 0 Å². The Morgan fingerprint density at radius 3 is 2.76 bits per heavy atom. The molecule has 3 heteroatoms. The van der Waals surface area contributed by atoms with E-state index in [9.17, 15) is 4.39 Å². The van der Waals surface area contributed by atoms with E-state index in [1.54, 1.807) is 6.07 Å². The Bertz CT molecular complexity index is 571. The smallest absolute Gasteiger partial charge is 0.128 e. The highest BCUT2D eigenvalue weighted by atomic mass is 19.1. The lowest BCUT2D eigenvalue weighted by atomic mass is 10.2. The molecular weight excluding hydrogens is 215 g/mol. The molecule has 0 spiro atoms. The first-order valence-corrected chi connectivity index (χ1v) is 6.01. The number of aryl methyl sites for hydroxylation is 1. The summed E-state index contributed by atoms with van der Waals surface area (Å²) in [6, 6.07) is 6.76. The number of hydrogen-bond acceptors (Lipinski definition) is 1. The van der Waals surface area contributed by atoms with Gasteiger partial charge in [-0.3, -0.25) is 0 Å². The second-order valence-corrected chi connectivity index (χ2v) is 5.22. The third-order valence-corrected chi connectivity index (χ3v) is 3.75. The number of benzene rings is 1. The first-order chi connectivity index (χ1) is 8.08. The van der Waals surface area contributed by atoms with Gasteiger partial charge < -0.3 is 9.47 Å². The summed E-state index contributed by atoms with van der Waals surface area (Å²) in [7, 11) is 4.20. The minimum absolute atomic E-state index is 0.112. The largest absolute Gasteiger partial charge is 0.343 e. The molecule has 2 aromatic rings. The fraction of sp³-hybridized carbons (Fsp3) is 0.429. The van der Waals surface area contributed by atoms with Crippen LogP contribution < -0.4 is 0 Å². The van der Waals surface area contributed by atoms with Crippen LogP contribution in [0, 0.1) is 12.7 Å². The molecule has 90 valence electrons. The van der Waals surface area contributed by atoms with E-state index in [0.717, 1.165) is 22.9 Å². The molecule has 0 radical (unpaired) electrons. The summed E-state index contributed by atoms with van der Waals surface area (Å²) >= 11 is 0. The maximum atomic E-state index is 13.6. The van der Waals surface area contributed by atoms with Crippen LogP contribution in [-0.4, -0.2) is 29.6 Å². The molecule has 2 unspecified atom stereocenters. The van der Waals surface area contributed by atoms with Crippen molar-refractivity contribution in [1.82, 2.24) is 9.47 Å². The van der Waals surface area contributed by atoms with E-state index in [-0.39, 0.29) is 5.82 Å². The van der Waals surface area contributed by atoms with E-state index in [0.29, 0.717) is 12.1 Å². The van der Waals surface area contributed by atoms with Crippen LogP contribution in [0.5, 0.6) is 0 Å². The number of aromatic nitrogens is 1. The molecule has 1 aromatic heterocycles. The number of likely N-dealkylation sites (N-methyl/N-ethyl adjacent to an activating group) is 1. The zero-order valence-corrected chi connectivity index (χ0v) is 10.4. The summed E-state index contributed by atoms with van der Waals surface area (Å²) in [5.74, 6) is -0.112. The van der Waals surface area contributed by atoms with Gasteiger partial charge in [0.1, 0.15) is 5.82 Å². The van der Waals surface area contributed by atoms with E-state index >= 15 is 0 Å². The van der Waals surface area contributed by atoms with Crippen molar-refractivity contribution in [3.8, 4) is 0 Å². The van der Waals surface area contributed by atoms with Crippen molar-refractivity contribution in [1.29, 1.82) is 0 Å². The minimum atomic E-state index is -0.112. The summed E-state index contributed by atoms with van der Waals surface area (Å²) in [5, 5.41) is 1.13. The molecule has 17 heavy (non-hydrogen) atoms. The third-order valence-electron chi connectivity index (χ3n) is 3.75. The van der Waals surface area contributed by atoms with Crippen molar-refractivity contribution in [2.75, 3.05) is 14.1 Å². The molecule has 1 aliphatic carbocycles. The Hall–Kier alpha value is -1.35. The molecule has 1 saturated carbocycles. The highest BCUT2D eigenvalue weighted by Crippen LogP contribution is 2.41. The molecule has 0 saturated heterocycles. The van der Waals surface area contributed by atoms with Gasteiger partial charge in [0.2, 0.25) is 0 Å². The lowest BCUT2D eigenvalue weighted by Crippen LogP contribution is -2.17. The second-order valence-electron chi connectivity index (χ2n) is 5.22. The van der Waals surface area contributed by atoms with Crippen LogP contribution in [0.15, 0.2) is 24.4 Å². The minimum Gasteiger partial charge on any atom is -0.343 e. The monoisotopic (exact) mass is 232 g/mol. The second kappa shape index (κ2) is 3.57. The van der Waals surface area contributed by atoms with E-state index in [4.69, 9.17) is 0 Å². The van der Waals surface area contributed by atoms with Crippen LogP contribution in [0.3, 0.4) is 0 Å². The Morgan fingerprint density at radius 2 is 2.12 bits per heavy atom. The van der Waals surface area contributed by atoms with Crippen molar-refractivity contribution >= 4 is 10.9 Å². The van der Waals surface area contributed by atoms with Gasteiger partial charge in [-0.15, -0.1) is 0 Å². The van der Waals surface area contributed by atoms with E-state index < -0.39 is 0 Å². The van der Waals surface area contributed by atoms with Gasteiger partial charge in [0.05, 0.1) is 11.6 Å². The van der Waals surface area contributed by atoms with Gasteiger partial charge in [-0.2, -0.15) is 0 Å². The molecule has 0 N–H and O–H groups in total. The van der Waals surface area contributed by atoms with Crippen LogP contribution >= 0.6 is 0 Å². The zero-order valence-electron chi connectivity index (χ0n) is 10.4. The third kappa shape index (κ3) is 1.65. The lowest BCUT2D eigenvalue weighted by molar-refractivity contribution is 0.377. The first-order valence-electron chi connectivity index (χ1n) is 6.01. The molecule has 2 nitrogen and oxygen atoms in total. The number of hydrogen-bond donors (Lipinski definition) is 0. The summed E-state index contributed by atoms with van der Waals surface area (Å²) in [6.07, 6.45) is 3.24. The topological polar surface area (TPSA) is 8.17 Å². The van der Waals surface area contributed by atoms with Gasteiger partial charge in [0.25, 0.3) is 0 Å². The molecule has 3 rings (SSSR count). The standard InChI is InChI=1S/C14H17FN2/c1-9-6-10-4-5-17(12(10)7-11(9)15)14-8-13(14)16(2)3/h4-7,13-14H,8H2,1-3H3. The average Bonchev–Trinajstić information content (AvgIpc) is 2.97. The van der Waals surface area contributed by atoms with E-state index in [2.05, 4.69) is 35.8 Å². The van der Waals surface area contributed by atoms with Crippen LogP contribution in [0.1, 0.15) is 18.0 Å². The van der Waals surface area contributed by atoms with Gasteiger partial charge in [0, 0.05) is 17.6 Å². The predicted octanol–water partition coefficient (Wildman–Crippen LogP) is 2.96. The molecule has 1 aromatic carbocycles. The molecule has 1 aliphatic rings. The SMILES string of the molecule is Cc1cc2ccn(C3CC3N(C)C)c2cc1F. The van der Waals surface area contributed by atoms with Crippen molar-refractivity contribution in [2.24, 2.45) is 0 Å². The highest BCUT2D eigenvalue weighted by Gasteiger charge is 2.40. The number of halogens is 1. The number of rotatable bonds is 2. The normalized spacial score (nSPS) is 23.6.